The highest BCUT2D eigenvalue weighted by Crippen LogP contribution is 2.30. The normalized spacial score (nSPS) is 20.1. The monoisotopic (exact) mass is 476 g/mol. The fourth-order valence-electron chi connectivity index (χ4n) is 5.29. The van der Waals surface area contributed by atoms with Crippen LogP contribution in [0.25, 0.3) is 10.9 Å². The maximum atomic E-state index is 13.1. The van der Waals surface area contributed by atoms with Gasteiger partial charge in [0.1, 0.15) is 17.3 Å². The lowest BCUT2D eigenvalue weighted by Crippen LogP contribution is -2.49. The van der Waals surface area contributed by atoms with Crippen LogP contribution < -0.4 is 20.7 Å². The van der Waals surface area contributed by atoms with Crippen LogP contribution >= 0.6 is 0 Å². The Morgan fingerprint density at radius 1 is 1.11 bits per heavy atom. The first-order chi connectivity index (χ1) is 17.0. The van der Waals surface area contributed by atoms with Gasteiger partial charge in [0.2, 0.25) is 0 Å². The Morgan fingerprint density at radius 2 is 1.97 bits per heavy atom. The summed E-state index contributed by atoms with van der Waals surface area (Å²) in [6.45, 7) is 4.74. The van der Waals surface area contributed by atoms with E-state index in [1.807, 2.05) is 36.2 Å². The van der Waals surface area contributed by atoms with Gasteiger partial charge in [-0.15, -0.1) is 0 Å². The Morgan fingerprint density at radius 3 is 2.77 bits per heavy atom. The zero-order valence-corrected chi connectivity index (χ0v) is 20.2. The minimum Gasteiger partial charge on any atom is -0.457 e. The summed E-state index contributed by atoms with van der Waals surface area (Å²) in [7, 11) is 1.61. The number of carbonyl (C=O) groups is 2. The summed E-state index contributed by atoms with van der Waals surface area (Å²) in [5.74, 6) is 2.20. The second-order valence-electron chi connectivity index (χ2n) is 9.33. The highest BCUT2D eigenvalue weighted by Gasteiger charge is 2.34. The van der Waals surface area contributed by atoms with E-state index in [2.05, 4.69) is 20.9 Å². The van der Waals surface area contributed by atoms with Crippen molar-refractivity contribution in [1.29, 1.82) is 0 Å². The third kappa shape index (κ3) is 4.81. The number of amides is 3. The number of hydrogen-bond donors (Lipinski definition) is 3. The number of carbonyl (C=O) groups excluding carboxylic acids is 2. The van der Waals surface area contributed by atoms with E-state index in [-0.39, 0.29) is 18.1 Å². The molecule has 35 heavy (non-hydrogen) atoms. The van der Waals surface area contributed by atoms with E-state index in [1.165, 1.54) is 6.42 Å². The molecule has 184 valence electrons. The van der Waals surface area contributed by atoms with E-state index in [4.69, 9.17) is 4.74 Å². The summed E-state index contributed by atoms with van der Waals surface area (Å²) in [5.41, 5.74) is 1.79. The highest BCUT2D eigenvalue weighted by atomic mass is 16.5. The molecule has 3 aromatic rings. The summed E-state index contributed by atoms with van der Waals surface area (Å²) in [4.78, 5) is 31.6. The average molecular weight is 477 g/mol. The SMILES string of the molecule is CNC(=O)n1cc(C)c2cc(Oc3ccnc(NC(=O)N4CCCCC4C4CCNC4)c3)ccc21. The van der Waals surface area contributed by atoms with Gasteiger partial charge in [0.15, 0.2) is 0 Å². The second-order valence-corrected chi connectivity index (χ2v) is 9.33. The lowest BCUT2D eigenvalue weighted by atomic mass is 9.90. The van der Waals surface area contributed by atoms with Crippen LogP contribution in [0.15, 0.2) is 42.7 Å². The van der Waals surface area contributed by atoms with Crippen LogP contribution in [0.3, 0.4) is 0 Å². The van der Waals surface area contributed by atoms with Crippen LogP contribution in [-0.4, -0.2) is 59.2 Å². The zero-order valence-electron chi connectivity index (χ0n) is 20.2. The summed E-state index contributed by atoms with van der Waals surface area (Å²) < 4.78 is 7.67. The van der Waals surface area contributed by atoms with Gasteiger partial charge in [0, 0.05) is 43.5 Å². The predicted molar refractivity (Wildman–Crippen MR) is 135 cm³/mol. The van der Waals surface area contributed by atoms with Crippen LogP contribution in [-0.2, 0) is 0 Å². The summed E-state index contributed by atoms with van der Waals surface area (Å²) in [6, 6.07) is 9.09. The lowest BCUT2D eigenvalue weighted by Gasteiger charge is -2.38. The molecule has 9 nitrogen and oxygen atoms in total. The number of piperidine rings is 1. The summed E-state index contributed by atoms with van der Waals surface area (Å²) in [6.07, 6.45) is 7.81. The average Bonchev–Trinajstić information content (AvgIpc) is 3.52. The molecule has 2 saturated heterocycles. The molecule has 2 unspecified atom stereocenters. The van der Waals surface area contributed by atoms with Crippen molar-refractivity contribution >= 4 is 28.8 Å². The molecule has 3 amide bonds. The number of anilines is 1. The first kappa shape index (κ1) is 23.2. The smallest absolute Gasteiger partial charge is 0.325 e. The van der Waals surface area contributed by atoms with Crippen molar-refractivity contribution in [2.24, 2.45) is 5.92 Å². The van der Waals surface area contributed by atoms with Gasteiger partial charge in [-0.05, 0) is 81.4 Å². The number of rotatable bonds is 4. The van der Waals surface area contributed by atoms with E-state index in [9.17, 15) is 9.59 Å². The molecule has 9 heteroatoms. The molecule has 2 atom stereocenters. The maximum absolute atomic E-state index is 13.1. The van der Waals surface area contributed by atoms with Crippen LogP contribution in [0.2, 0.25) is 0 Å². The van der Waals surface area contributed by atoms with E-state index >= 15 is 0 Å². The molecular formula is C26H32N6O3. The zero-order chi connectivity index (χ0) is 24.4. The quantitative estimate of drug-likeness (QED) is 0.521. The molecule has 5 rings (SSSR count). The second kappa shape index (κ2) is 9.95. The standard InChI is InChI=1S/C26H32N6O3/c1-17-16-32(25(33)27-2)23-7-6-19(13-21(17)23)35-20-9-11-29-24(14-20)30-26(34)31-12-4-3-5-22(31)18-8-10-28-15-18/h6-7,9,11,13-14,16,18,22,28H,3-5,8,10,12,15H2,1-2H3,(H,27,33)(H,29,30,34). The number of nitrogens with zero attached hydrogens (tertiary/aromatic N) is 3. The van der Waals surface area contributed by atoms with Crippen molar-refractivity contribution in [2.45, 2.75) is 38.6 Å². The number of likely N-dealkylation sites (tertiary alicyclic amines) is 1. The Bertz CT molecular complexity index is 1230. The van der Waals surface area contributed by atoms with Crippen molar-refractivity contribution in [1.82, 2.24) is 25.1 Å². The number of hydrogen-bond acceptors (Lipinski definition) is 5. The molecule has 2 aromatic heterocycles. The van der Waals surface area contributed by atoms with Crippen molar-refractivity contribution in [2.75, 3.05) is 32.0 Å². The molecule has 0 spiro atoms. The van der Waals surface area contributed by atoms with Crippen molar-refractivity contribution in [3.05, 3.63) is 48.3 Å². The van der Waals surface area contributed by atoms with Gasteiger partial charge in [-0.25, -0.2) is 14.6 Å². The fourth-order valence-corrected chi connectivity index (χ4v) is 5.29. The van der Waals surface area contributed by atoms with E-state index in [1.54, 1.807) is 29.9 Å². The number of aromatic nitrogens is 2. The number of pyridine rings is 1. The molecule has 2 aliphatic rings. The molecule has 3 N–H and O–H groups in total. The molecule has 2 fully saturated rings. The number of aryl methyl sites for hydroxylation is 1. The van der Waals surface area contributed by atoms with Crippen molar-refractivity contribution in [3.63, 3.8) is 0 Å². The van der Waals surface area contributed by atoms with Crippen LogP contribution in [0.4, 0.5) is 15.4 Å². The minimum atomic E-state index is -0.188. The summed E-state index contributed by atoms with van der Waals surface area (Å²) >= 11 is 0. The number of nitrogens with one attached hydrogen (secondary N) is 3. The molecule has 0 bridgehead atoms. The van der Waals surface area contributed by atoms with E-state index < -0.39 is 0 Å². The van der Waals surface area contributed by atoms with Crippen LogP contribution in [0, 0.1) is 12.8 Å². The molecule has 1 aromatic carbocycles. The largest absolute Gasteiger partial charge is 0.457 e. The molecule has 4 heterocycles. The van der Waals surface area contributed by atoms with Crippen molar-refractivity contribution in [3.8, 4) is 11.5 Å². The Balaban J connectivity index is 1.30. The number of ether oxygens (including phenoxy) is 1. The first-order valence-electron chi connectivity index (χ1n) is 12.3. The molecule has 0 radical (unpaired) electrons. The van der Waals surface area contributed by atoms with Gasteiger partial charge in [0.25, 0.3) is 0 Å². The fraction of sp³-hybridized carbons (Fsp3) is 0.423. The third-order valence-corrected chi connectivity index (χ3v) is 7.06. The number of urea groups is 1. The number of fused-ring (bicyclic) bond motifs is 1. The maximum Gasteiger partial charge on any atom is 0.325 e. The number of benzene rings is 1. The van der Waals surface area contributed by atoms with Gasteiger partial charge >= 0.3 is 12.1 Å². The van der Waals surface area contributed by atoms with Gasteiger partial charge in [-0.1, -0.05) is 0 Å². The minimum absolute atomic E-state index is 0.0983. The Labute approximate surface area is 204 Å². The molecule has 0 saturated carbocycles. The van der Waals surface area contributed by atoms with E-state index in [0.717, 1.165) is 55.4 Å². The third-order valence-electron chi connectivity index (χ3n) is 7.06. The molecule has 0 aliphatic carbocycles. The van der Waals surface area contributed by atoms with Crippen LogP contribution in [0.1, 0.15) is 31.2 Å². The van der Waals surface area contributed by atoms with Crippen molar-refractivity contribution < 1.29 is 14.3 Å². The topological polar surface area (TPSA) is 101 Å². The Kier molecular flexibility index (Phi) is 6.59. The van der Waals surface area contributed by atoms with Gasteiger partial charge in [-0.3, -0.25) is 9.88 Å². The molecular weight excluding hydrogens is 444 g/mol. The summed E-state index contributed by atoms with van der Waals surface area (Å²) in [5, 5.41) is 9.99. The molecule has 2 aliphatic heterocycles. The predicted octanol–water partition coefficient (Wildman–Crippen LogP) is 4.32. The highest BCUT2D eigenvalue weighted by molar-refractivity contribution is 5.94. The van der Waals surface area contributed by atoms with Gasteiger partial charge in [0.05, 0.1) is 5.52 Å². The Hall–Kier alpha value is -3.59. The lowest BCUT2D eigenvalue weighted by molar-refractivity contribution is 0.132. The first-order valence-corrected chi connectivity index (χ1v) is 12.3. The van der Waals surface area contributed by atoms with E-state index in [0.29, 0.717) is 23.2 Å². The van der Waals surface area contributed by atoms with Gasteiger partial charge < -0.3 is 20.3 Å². The van der Waals surface area contributed by atoms with Crippen LogP contribution in [0.5, 0.6) is 11.5 Å². The van der Waals surface area contributed by atoms with Gasteiger partial charge in [-0.2, -0.15) is 0 Å².